The number of carbonyl (C=O) groups excluding carboxylic acids is 1. The van der Waals surface area contributed by atoms with Gasteiger partial charge in [0, 0.05) is 34.8 Å². The Labute approximate surface area is 166 Å². The van der Waals surface area contributed by atoms with Gasteiger partial charge in [0.1, 0.15) is 11.4 Å². The number of fused-ring (bicyclic) bond motifs is 3. The van der Waals surface area contributed by atoms with E-state index in [4.69, 9.17) is 4.74 Å². The van der Waals surface area contributed by atoms with E-state index in [1.807, 2.05) is 26.0 Å². The standard InChI is InChI=1S/C21H23BrN2O3/c1-11-7-12(2)24-20(26)15(11)10-23-19(25)13-8-14-16-5-4-6-21(16,3)27-18(14)17(22)9-13/h7-9,16H,4-6,10H2,1-3H3,(H,23,25)(H,24,26). The first-order valence-electron chi connectivity index (χ1n) is 9.28. The Morgan fingerprint density at radius 3 is 2.89 bits per heavy atom. The lowest BCUT2D eigenvalue weighted by molar-refractivity contribution is 0.0950. The maximum atomic E-state index is 12.7. The number of aromatic amines is 1. The molecular weight excluding hydrogens is 408 g/mol. The number of pyridine rings is 1. The summed E-state index contributed by atoms with van der Waals surface area (Å²) < 4.78 is 7.04. The number of benzene rings is 1. The number of aryl methyl sites for hydroxylation is 2. The molecule has 2 heterocycles. The van der Waals surface area contributed by atoms with Gasteiger partial charge in [-0.2, -0.15) is 0 Å². The molecule has 1 amide bonds. The van der Waals surface area contributed by atoms with Crippen molar-refractivity contribution in [2.75, 3.05) is 0 Å². The van der Waals surface area contributed by atoms with Gasteiger partial charge in [0.25, 0.3) is 11.5 Å². The minimum Gasteiger partial charge on any atom is -0.485 e. The molecule has 1 saturated carbocycles. The van der Waals surface area contributed by atoms with Crippen LogP contribution >= 0.6 is 15.9 Å². The molecule has 0 spiro atoms. The van der Waals surface area contributed by atoms with Crippen LogP contribution in [0.15, 0.2) is 27.5 Å². The van der Waals surface area contributed by atoms with Crippen molar-refractivity contribution in [1.29, 1.82) is 0 Å². The van der Waals surface area contributed by atoms with Gasteiger partial charge in [-0.3, -0.25) is 9.59 Å². The van der Waals surface area contributed by atoms with E-state index in [1.165, 1.54) is 0 Å². The van der Waals surface area contributed by atoms with Gasteiger partial charge in [0.15, 0.2) is 0 Å². The number of hydrogen-bond acceptors (Lipinski definition) is 3. The van der Waals surface area contributed by atoms with Crippen molar-refractivity contribution in [3.63, 3.8) is 0 Å². The van der Waals surface area contributed by atoms with Crippen LogP contribution < -0.4 is 15.6 Å². The molecule has 0 saturated heterocycles. The first-order valence-corrected chi connectivity index (χ1v) is 10.1. The van der Waals surface area contributed by atoms with Gasteiger partial charge in [0.05, 0.1) is 4.47 Å². The van der Waals surface area contributed by atoms with Crippen molar-refractivity contribution < 1.29 is 9.53 Å². The molecule has 1 aliphatic heterocycles. The maximum Gasteiger partial charge on any atom is 0.253 e. The van der Waals surface area contributed by atoms with Crippen LogP contribution in [0.25, 0.3) is 0 Å². The summed E-state index contributed by atoms with van der Waals surface area (Å²) >= 11 is 3.57. The number of halogens is 1. The van der Waals surface area contributed by atoms with E-state index in [0.717, 1.165) is 46.3 Å². The second-order valence-electron chi connectivity index (χ2n) is 7.86. The van der Waals surface area contributed by atoms with E-state index in [2.05, 4.69) is 33.2 Å². The van der Waals surface area contributed by atoms with E-state index in [0.29, 0.717) is 17.0 Å². The molecule has 6 heteroatoms. The number of aromatic nitrogens is 1. The quantitative estimate of drug-likeness (QED) is 0.769. The molecule has 1 aliphatic carbocycles. The van der Waals surface area contributed by atoms with Crippen molar-refractivity contribution in [3.8, 4) is 5.75 Å². The highest BCUT2D eigenvalue weighted by Crippen LogP contribution is 2.55. The van der Waals surface area contributed by atoms with Gasteiger partial charge in [-0.15, -0.1) is 0 Å². The van der Waals surface area contributed by atoms with E-state index in [9.17, 15) is 9.59 Å². The minimum atomic E-state index is -0.190. The Morgan fingerprint density at radius 1 is 1.37 bits per heavy atom. The normalized spacial score (nSPS) is 22.9. The second-order valence-corrected chi connectivity index (χ2v) is 8.72. The molecule has 2 aliphatic rings. The topological polar surface area (TPSA) is 71.2 Å². The van der Waals surface area contributed by atoms with Crippen LogP contribution in [0.1, 0.15) is 64.8 Å². The third kappa shape index (κ3) is 3.10. The van der Waals surface area contributed by atoms with Crippen LogP contribution in [0, 0.1) is 13.8 Å². The van der Waals surface area contributed by atoms with Gasteiger partial charge in [-0.05, 0) is 79.7 Å². The second kappa shape index (κ2) is 6.51. The molecule has 2 N–H and O–H groups in total. The Morgan fingerprint density at radius 2 is 2.15 bits per heavy atom. The summed E-state index contributed by atoms with van der Waals surface area (Å²) in [5, 5.41) is 2.88. The summed E-state index contributed by atoms with van der Waals surface area (Å²) in [6, 6.07) is 5.65. The lowest BCUT2D eigenvalue weighted by Gasteiger charge is -2.23. The Balaban J connectivity index is 1.58. The van der Waals surface area contributed by atoms with Gasteiger partial charge in [-0.25, -0.2) is 0 Å². The van der Waals surface area contributed by atoms with E-state index in [1.54, 1.807) is 6.07 Å². The van der Waals surface area contributed by atoms with Gasteiger partial charge >= 0.3 is 0 Å². The number of hydrogen-bond donors (Lipinski definition) is 2. The summed E-state index contributed by atoms with van der Waals surface area (Å²) in [7, 11) is 0. The number of carbonyl (C=O) groups is 1. The summed E-state index contributed by atoms with van der Waals surface area (Å²) in [5.74, 6) is 1.01. The fraction of sp³-hybridized carbons (Fsp3) is 0.429. The van der Waals surface area contributed by atoms with Gasteiger partial charge < -0.3 is 15.0 Å². The monoisotopic (exact) mass is 430 g/mol. The molecule has 1 aromatic carbocycles. The highest BCUT2D eigenvalue weighted by atomic mass is 79.9. The molecule has 1 fully saturated rings. The summed E-state index contributed by atoms with van der Waals surface area (Å²) in [4.78, 5) is 27.7. The Hall–Kier alpha value is -2.08. The van der Waals surface area contributed by atoms with Crippen LogP contribution in [0.2, 0.25) is 0 Å². The van der Waals surface area contributed by atoms with Crippen LogP contribution in [-0.4, -0.2) is 16.5 Å². The summed E-state index contributed by atoms with van der Waals surface area (Å²) in [6.07, 6.45) is 3.26. The molecule has 4 rings (SSSR count). The lowest BCUT2D eigenvalue weighted by atomic mass is 9.88. The highest BCUT2D eigenvalue weighted by Gasteiger charge is 2.48. The van der Waals surface area contributed by atoms with Crippen molar-refractivity contribution in [2.45, 2.75) is 58.1 Å². The zero-order chi connectivity index (χ0) is 19.3. The fourth-order valence-corrected chi connectivity index (χ4v) is 5.02. The molecular formula is C21H23BrN2O3. The Kier molecular flexibility index (Phi) is 4.41. The lowest BCUT2D eigenvalue weighted by Crippen LogP contribution is -2.29. The van der Waals surface area contributed by atoms with Crippen molar-refractivity contribution in [2.24, 2.45) is 0 Å². The zero-order valence-electron chi connectivity index (χ0n) is 15.7. The average Bonchev–Trinajstić information content (AvgIpc) is 3.08. The van der Waals surface area contributed by atoms with Crippen LogP contribution in [-0.2, 0) is 6.54 Å². The van der Waals surface area contributed by atoms with Crippen LogP contribution in [0.4, 0.5) is 0 Å². The molecule has 27 heavy (non-hydrogen) atoms. The molecule has 1 aromatic heterocycles. The molecule has 0 radical (unpaired) electrons. The van der Waals surface area contributed by atoms with Crippen molar-refractivity contribution >= 4 is 21.8 Å². The summed E-state index contributed by atoms with van der Waals surface area (Å²) in [5.41, 5.74) is 3.66. The van der Waals surface area contributed by atoms with E-state index < -0.39 is 0 Å². The highest BCUT2D eigenvalue weighted by molar-refractivity contribution is 9.10. The average molecular weight is 431 g/mol. The number of amides is 1. The zero-order valence-corrected chi connectivity index (χ0v) is 17.3. The predicted octanol–water partition coefficient (Wildman–Crippen LogP) is 4.10. The first kappa shape index (κ1) is 18.3. The maximum absolute atomic E-state index is 12.7. The molecule has 2 unspecified atom stereocenters. The van der Waals surface area contributed by atoms with E-state index >= 15 is 0 Å². The first-order chi connectivity index (χ1) is 12.8. The molecule has 5 nitrogen and oxygen atoms in total. The number of ether oxygens (including phenoxy) is 1. The molecule has 0 bridgehead atoms. The predicted molar refractivity (Wildman–Crippen MR) is 107 cm³/mol. The third-order valence-electron chi connectivity index (χ3n) is 5.87. The van der Waals surface area contributed by atoms with Gasteiger partial charge in [0.2, 0.25) is 0 Å². The van der Waals surface area contributed by atoms with Crippen molar-refractivity contribution in [3.05, 3.63) is 61.0 Å². The third-order valence-corrected chi connectivity index (χ3v) is 6.46. The smallest absolute Gasteiger partial charge is 0.253 e. The van der Waals surface area contributed by atoms with Crippen LogP contribution in [0.5, 0.6) is 5.75 Å². The largest absolute Gasteiger partial charge is 0.485 e. The number of H-pyrrole nitrogens is 1. The fourth-order valence-electron chi connectivity index (χ4n) is 4.46. The molecule has 2 atom stereocenters. The Bertz CT molecular complexity index is 998. The van der Waals surface area contributed by atoms with Crippen LogP contribution in [0.3, 0.4) is 0 Å². The SMILES string of the molecule is Cc1cc(C)c(CNC(=O)c2cc(Br)c3c(c2)C2CCCC2(C)O3)c(=O)[nH]1. The molecule has 2 aromatic rings. The summed E-state index contributed by atoms with van der Waals surface area (Å²) in [6.45, 7) is 6.08. The van der Waals surface area contributed by atoms with Gasteiger partial charge in [-0.1, -0.05) is 0 Å². The number of nitrogens with one attached hydrogen (secondary N) is 2. The van der Waals surface area contributed by atoms with E-state index in [-0.39, 0.29) is 23.6 Å². The number of rotatable bonds is 3. The minimum absolute atomic E-state index is 0.155. The van der Waals surface area contributed by atoms with Crippen molar-refractivity contribution in [1.82, 2.24) is 10.3 Å². The molecule has 142 valence electrons.